The fourth-order valence-corrected chi connectivity index (χ4v) is 2.65. The van der Waals surface area contributed by atoms with Crippen LogP contribution in [0.2, 0.25) is 0 Å². The zero-order valence-electron chi connectivity index (χ0n) is 10.9. The van der Waals surface area contributed by atoms with Crippen molar-refractivity contribution in [3.05, 3.63) is 12.7 Å². The zero-order valence-corrected chi connectivity index (χ0v) is 10.9. The van der Waals surface area contributed by atoms with Gasteiger partial charge in [0.2, 0.25) is 0 Å². The van der Waals surface area contributed by atoms with Gasteiger partial charge in [0.05, 0.1) is 11.6 Å². The molecule has 0 amide bonds. The Hall–Kier alpha value is -0.380. The minimum Gasteiger partial charge on any atom is -0.377 e. The fraction of sp³-hybridized carbons (Fsp3) is 0.846. The van der Waals surface area contributed by atoms with Gasteiger partial charge < -0.3 is 4.74 Å². The van der Waals surface area contributed by atoms with Crippen molar-refractivity contribution in [3.63, 3.8) is 0 Å². The van der Waals surface area contributed by atoms with E-state index in [2.05, 4.69) is 25.9 Å². The van der Waals surface area contributed by atoms with E-state index in [4.69, 9.17) is 10.6 Å². The van der Waals surface area contributed by atoms with Crippen molar-refractivity contribution in [2.75, 3.05) is 7.11 Å². The monoisotopic (exact) mass is 226 g/mol. The summed E-state index contributed by atoms with van der Waals surface area (Å²) >= 11 is 0. The molecule has 94 valence electrons. The van der Waals surface area contributed by atoms with Crippen molar-refractivity contribution in [1.82, 2.24) is 5.43 Å². The van der Waals surface area contributed by atoms with Gasteiger partial charge in [-0.2, -0.15) is 0 Å². The molecule has 16 heavy (non-hydrogen) atoms. The van der Waals surface area contributed by atoms with Crippen LogP contribution in [0.3, 0.4) is 0 Å². The first-order chi connectivity index (χ1) is 7.49. The summed E-state index contributed by atoms with van der Waals surface area (Å²) in [5, 5.41) is 0. The fourth-order valence-electron chi connectivity index (χ4n) is 2.65. The molecule has 0 radical (unpaired) electrons. The summed E-state index contributed by atoms with van der Waals surface area (Å²) < 4.78 is 5.79. The highest BCUT2D eigenvalue weighted by molar-refractivity contribution is 5.00. The van der Waals surface area contributed by atoms with Crippen molar-refractivity contribution < 1.29 is 4.74 Å². The number of hydrogen-bond acceptors (Lipinski definition) is 3. The Kier molecular flexibility index (Phi) is 4.53. The molecule has 1 rings (SSSR count). The molecule has 3 heteroatoms. The Morgan fingerprint density at radius 3 is 2.31 bits per heavy atom. The third-order valence-electron chi connectivity index (χ3n) is 4.10. The summed E-state index contributed by atoms with van der Waals surface area (Å²) in [5.74, 6) is 5.64. The van der Waals surface area contributed by atoms with Gasteiger partial charge in [-0.3, -0.25) is 11.3 Å². The van der Waals surface area contributed by atoms with E-state index in [-0.39, 0.29) is 11.6 Å². The van der Waals surface area contributed by atoms with Crippen LogP contribution in [0.25, 0.3) is 0 Å². The van der Waals surface area contributed by atoms with Gasteiger partial charge in [-0.1, -0.05) is 19.9 Å². The third kappa shape index (κ3) is 2.84. The maximum Gasteiger partial charge on any atom is 0.0847 e. The van der Waals surface area contributed by atoms with Gasteiger partial charge in [-0.15, -0.1) is 6.58 Å². The Labute approximate surface area is 99.4 Å². The number of hydrazine groups is 1. The second-order valence-electron chi connectivity index (χ2n) is 5.68. The molecule has 0 aromatic rings. The quantitative estimate of drug-likeness (QED) is 0.430. The van der Waals surface area contributed by atoms with Gasteiger partial charge in [-0.05, 0) is 37.5 Å². The van der Waals surface area contributed by atoms with E-state index in [1.807, 2.05) is 6.08 Å². The Balaban J connectivity index is 2.74. The van der Waals surface area contributed by atoms with E-state index in [1.165, 1.54) is 12.8 Å². The molecule has 1 fully saturated rings. The Bertz CT molecular complexity index is 228. The maximum absolute atomic E-state index is 5.79. The lowest BCUT2D eigenvalue weighted by molar-refractivity contribution is -0.0856. The van der Waals surface area contributed by atoms with E-state index >= 15 is 0 Å². The first-order valence-corrected chi connectivity index (χ1v) is 6.12. The minimum absolute atomic E-state index is 0.113. The topological polar surface area (TPSA) is 47.3 Å². The molecular formula is C13H26N2O. The standard InChI is InChI=1S/C13H26N2O/c1-5-6-11(15-14)13(16-4)9-7-12(2,3)8-10-13/h5,11,15H,1,6-10,14H2,2-4H3. The van der Waals surface area contributed by atoms with Gasteiger partial charge in [0.1, 0.15) is 0 Å². The Morgan fingerprint density at radius 1 is 1.38 bits per heavy atom. The summed E-state index contributed by atoms with van der Waals surface area (Å²) in [7, 11) is 1.80. The van der Waals surface area contributed by atoms with Crippen LogP contribution in [-0.2, 0) is 4.74 Å². The molecule has 0 aliphatic heterocycles. The van der Waals surface area contributed by atoms with Crippen LogP contribution < -0.4 is 11.3 Å². The van der Waals surface area contributed by atoms with Gasteiger partial charge in [0.15, 0.2) is 0 Å². The predicted octanol–water partition coefficient (Wildman–Crippen LogP) is 2.38. The summed E-state index contributed by atoms with van der Waals surface area (Å²) in [6.07, 6.45) is 7.28. The minimum atomic E-state index is -0.113. The molecule has 1 aliphatic carbocycles. The van der Waals surface area contributed by atoms with Crippen LogP contribution in [0.15, 0.2) is 12.7 Å². The van der Waals surface area contributed by atoms with Crippen molar-refractivity contribution in [2.45, 2.75) is 57.6 Å². The number of hydrogen-bond donors (Lipinski definition) is 2. The number of rotatable bonds is 5. The molecule has 0 aromatic carbocycles. The van der Waals surface area contributed by atoms with Gasteiger partial charge >= 0.3 is 0 Å². The smallest absolute Gasteiger partial charge is 0.0847 e. The Morgan fingerprint density at radius 2 is 1.94 bits per heavy atom. The van der Waals surface area contributed by atoms with Crippen LogP contribution in [0, 0.1) is 5.41 Å². The third-order valence-corrected chi connectivity index (χ3v) is 4.10. The van der Waals surface area contributed by atoms with E-state index < -0.39 is 0 Å². The van der Waals surface area contributed by atoms with Crippen LogP contribution in [0.4, 0.5) is 0 Å². The van der Waals surface area contributed by atoms with E-state index in [0.29, 0.717) is 5.41 Å². The van der Waals surface area contributed by atoms with Gasteiger partial charge in [0, 0.05) is 7.11 Å². The normalized spacial score (nSPS) is 25.0. The molecular weight excluding hydrogens is 200 g/mol. The lowest BCUT2D eigenvalue weighted by Crippen LogP contribution is -2.56. The highest BCUT2D eigenvalue weighted by Crippen LogP contribution is 2.43. The van der Waals surface area contributed by atoms with Crippen molar-refractivity contribution >= 4 is 0 Å². The molecule has 3 N–H and O–H groups in total. The SMILES string of the molecule is C=CCC(NN)C1(OC)CCC(C)(C)CC1. The van der Waals surface area contributed by atoms with Gasteiger partial charge in [-0.25, -0.2) is 0 Å². The lowest BCUT2D eigenvalue weighted by atomic mass is 9.68. The molecule has 0 heterocycles. The average molecular weight is 226 g/mol. The maximum atomic E-state index is 5.79. The number of nitrogens with two attached hydrogens (primary N) is 1. The highest BCUT2D eigenvalue weighted by atomic mass is 16.5. The molecule has 1 atom stereocenters. The summed E-state index contributed by atoms with van der Waals surface area (Å²) in [6.45, 7) is 8.43. The highest BCUT2D eigenvalue weighted by Gasteiger charge is 2.43. The predicted molar refractivity (Wildman–Crippen MR) is 67.9 cm³/mol. The molecule has 0 spiro atoms. The van der Waals surface area contributed by atoms with Crippen molar-refractivity contribution in [3.8, 4) is 0 Å². The van der Waals surface area contributed by atoms with E-state index in [9.17, 15) is 0 Å². The summed E-state index contributed by atoms with van der Waals surface area (Å²) in [4.78, 5) is 0. The number of ether oxygens (including phenoxy) is 1. The van der Waals surface area contributed by atoms with Crippen LogP contribution in [-0.4, -0.2) is 18.8 Å². The molecule has 1 unspecified atom stereocenters. The largest absolute Gasteiger partial charge is 0.377 e. The number of methoxy groups -OCH3 is 1. The van der Waals surface area contributed by atoms with Gasteiger partial charge in [0.25, 0.3) is 0 Å². The molecule has 1 saturated carbocycles. The average Bonchev–Trinajstić information content (AvgIpc) is 2.27. The molecule has 1 aliphatic rings. The van der Waals surface area contributed by atoms with E-state index in [1.54, 1.807) is 7.11 Å². The second kappa shape index (κ2) is 5.30. The molecule has 3 nitrogen and oxygen atoms in total. The summed E-state index contributed by atoms with van der Waals surface area (Å²) in [5.41, 5.74) is 3.22. The summed E-state index contributed by atoms with van der Waals surface area (Å²) in [6, 6.07) is 0.172. The van der Waals surface area contributed by atoms with E-state index in [0.717, 1.165) is 19.3 Å². The molecule has 0 aromatic heterocycles. The van der Waals surface area contributed by atoms with Crippen LogP contribution >= 0.6 is 0 Å². The lowest BCUT2D eigenvalue weighted by Gasteiger charge is -2.46. The van der Waals surface area contributed by atoms with Crippen LogP contribution in [0.1, 0.15) is 46.0 Å². The first-order valence-electron chi connectivity index (χ1n) is 6.12. The zero-order chi connectivity index (χ0) is 12.2. The molecule has 0 bridgehead atoms. The van der Waals surface area contributed by atoms with Crippen molar-refractivity contribution in [2.24, 2.45) is 11.3 Å². The molecule has 0 saturated heterocycles. The van der Waals surface area contributed by atoms with Crippen LogP contribution in [0.5, 0.6) is 0 Å². The van der Waals surface area contributed by atoms with Crippen molar-refractivity contribution in [1.29, 1.82) is 0 Å². The first kappa shape index (κ1) is 13.7. The second-order valence-corrected chi connectivity index (χ2v) is 5.68. The number of nitrogens with one attached hydrogen (secondary N) is 1.